The third kappa shape index (κ3) is 3.43. The highest BCUT2D eigenvalue weighted by atomic mass is 35.5. The van der Waals surface area contributed by atoms with E-state index in [1.807, 2.05) is 0 Å². The van der Waals surface area contributed by atoms with Crippen molar-refractivity contribution in [2.45, 2.75) is 25.8 Å². The summed E-state index contributed by atoms with van der Waals surface area (Å²) in [6, 6.07) is 4.99. The van der Waals surface area contributed by atoms with Crippen LogP contribution in [0.4, 0.5) is 4.39 Å². The van der Waals surface area contributed by atoms with Gasteiger partial charge in [-0.2, -0.15) is 0 Å². The molecule has 1 aliphatic rings. The molecule has 0 unspecified atom stereocenters. The number of rotatable bonds is 2. The summed E-state index contributed by atoms with van der Waals surface area (Å²) in [6.45, 7) is 3.42. The van der Waals surface area contributed by atoms with Gasteiger partial charge in [-0.3, -0.25) is 4.79 Å². The predicted octanol–water partition coefficient (Wildman–Crippen LogP) is 2.04. The van der Waals surface area contributed by atoms with Crippen molar-refractivity contribution in [3.05, 3.63) is 35.1 Å². The topological polar surface area (TPSA) is 41.1 Å². The summed E-state index contributed by atoms with van der Waals surface area (Å²) in [7, 11) is 0. The Bertz CT molecular complexity index is 419. The third-order valence-corrected chi connectivity index (χ3v) is 3.07. The molecule has 18 heavy (non-hydrogen) atoms. The van der Waals surface area contributed by atoms with E-state index in [0.29, 0.717) is 5.56 Å². The molecular formula is C13H18ClFN2O. The number of aryl methyl sites for hydroxylation is 1. The first-order valence-corrected chi connectivity index (χ1v) is 5.95. The van der Waals surface area contributed by atoms with Crippen molar-refractivity contribution in [2.75, 3.05) is 13.1 Å². The fraction of sp³-hybridized carbons (Fsp3) is 0.462. The molecule has 2 N–H and O–H groups in total. The van der Waals surface area contributed by atoms with E-state index in [1.165, 1.54) is 6.07 Å². The molecule has 0 bridgehead atoms. The van der Waals surface area contributed by atoms with Crippen molar-refractivity contribution in [3.63, 3.8) is 0 Å². The molecule has 1 aliphatic heterocycles. The molecule has 0 radical (unpaired) electrons. The van der Waals surface area contributed by atoms with Gasteiger partial charge in [0, 0.05) is 12.6 Å². The Kier molecular flexibility index (Phi) is 5.56. The van der Waals surface area contributed by atoms with Gasteiger partial charge in [-0.15, -0.1) is 12.4 Å². The van der Waals surface area contributed by atoms with Crippen molar-refractivity contribution in [1.29, 1.82) is 0 Å². The Labute approximate surface area is 113 Å². The zero-order valence-electron chi connectivity index (χ0n) is 10.3. The molecule has 2 rings (SSSR count). The predicted molar refractivity (Wildman–Crippen MR) is 71.7 cm³/mol. The Hall–Kier alpha value is -1.13. The lowest BCUT2D eigenvalue weighted by atomic mass is 10.1. The second-order valence-corrected chi connectivity index (χ2v) is 4.45. The van der Waals surface area contributed by atoms with Gasteiger partial charge in [0.2, 0.25) is 0 Å². The second-order valence-electron chi connectivity index (χ2n) is 4.45. The van der Waals surface area contributed by atoms with Gasteiger partial charge in [-0.1, -0.05) is 12.1 Å². The van der Waals surface area contributed by atoms with Crippen LogP contribution in [0, 0.1) is 12.7 Å². The zero-order valence-corrected chi connectivity index (χ0v) is 11.1. The summed E-state index contributed by atoms with van der Waals surface area (Å²) < 4.78 is 13.7. The van der Waals surface area contributed by atoms with Crippen LogP contribution in [-0.2, 0) is 0 Å². The summed E-state index contributed by atoms with van der Waals surface area (Å²) in [4.78, 5) is 11.9. The highest BCUT2D eigenvalue weighted by molar-refractivity contribution is 5.94. The van der Waals surface area contributed by atoms with Crippen LogP contribution in [-0.4, -0.2) is 25.0 Å². The number of halogens is 2. The summed E-state index contributed by atoms with van der Waals surface area (Å²) in [6.07, 6.45) is 1.99. The van der Waals surface area contributed by atoms with Crippen LogP contribution in [0.25, 0.3) is 0 Å². The molecule has 0 aromatic heterocycles. The number of carbonyl (C=O) groups excluding carboxylic acids is 1. The highest BCUT2D eigenvalue weighted by Crippen LogP contribution is 2.12. The average molecular weight is 273 g/mol. The van der Waals surface area contributed by atoms with E-state index in [2.05, 4.69) is 10.6 Å². The summed E-state index contributed by atoms with van der Waals surface area (Å²) in [5, 5.41) is 6.07. The van der Waals surface area contributed by atoms with Gasteiger partial charge in [-0.05, 0) is 37.9 Å². The Morgan fingerprint density at radius 1 is 1.50 bits per heavy atom. The largest absolute Gasteiger partial charge is 0.348 e. The van der Waals surface area contributed by atoms with Crippen LogP contribution in [0.1, 0.15) is 28.8 Å². The Morgan fingerprint density at radius 2 is 2.28 bits per heavy atom. The average Bonchev–Trinajstić information content (AvgIpc) is 2.34. The number of piperidine rings is 1. The molecule has 0 saturated carbocycles. The van der Waals surface area contributed by atoms with Gasteiger partial charge in [0.05, 0.1) is 5.56 Å². The third-order valence-electron chi connectivity index (χ3n) is 3.07. The normalized spacial score (nSPS) is 18.9. The summed E-state index contributed by atoms with van der Waals surface area (Å²) in [5.74, 6) is -0.742. The number of benzene rings is 1. The van der Waals surface area contributed by atoms with Crippen molar-refractivity contribution in [3.8, 4) is 0 Å². The Balaban J connectivity index is 0.00000162. The first-order valence-electron chi connectivity index (χ1n) is 5.95. The van der Waals surface area contributed by atoms with Crippen LogP contribution in [0.3, 0.4) is 0 Å². The molecule has 1 fully saturated rings. The summed E-state index contributed by atoms with van der Waals surface area (Å²) >= 11 is 0. The zero-order chi connectivity index (χ0) is 12.3. The maximum absolute atomic E-state index is 13.7. The van der Waals surface area contributed by atoms with Crippen LogP contribution in [0.15, 0.2) is 18.2 Å². The van der Waals surface area contributed by atoms with E-state index in [9.17, 15) is 9.18 Å². The van der Waals surface area contributed by atoms with Crippen LogP contribution in [0.2, 0.25) is 0 Å². The maximum atomic E-state index is 13.7. The SMILES string of the molecule is Cc1cccc(C(=O)N[C@H]2CCCNC2)c1F.Cl. The molecule has 100 valence electrons. The van der Waals surface area contributed by atoms with Crippen molar-refractivity contribution >= 4 is 18.3 Å². The molecule has 0 aliphatic carbocycles. The first kappa shape index (κ1) is 14.9. The van der Waals surface area contributed by atoms with Gasteiger partial charge < -0.3 is 10.6 Å². The lowest BCUT2D eigenvalue weighted by Gasteiger charge is -2.23. The number of amides is 1. The minimum atomic E-state index is -0.422. The van der Waals surface area contributed by atoms with E-state index < -0.39 is 5.82 Å². The van der Waals surface area contributed by atoms with E-state index in [1.54, 1.807) is 19.1 Å². The number of hydrogen-bond acceptors (Lipinski definition) is 2. The lowest BCUT2D eigenvalue weighted by molar-refractivity contribution is 0.0926. The fourth-order valence-electron chi connectivity index (χ4n) is 2.06. The van der Waals surface area contributed by atoms with Crippen molar-refractivity contribution in [1.82, 2.24) is 10.6 Å². The first-order chi connectivity index (χ1) is 8.18. The molecule has 3 nitrogen and oxygen atoms in total. The van der Waals surface area contributed by atoms with Crippen LogP contribution in [0.5, 0.6) is 0 Å². The minimum absolute atomic E-state index is 0. The standard InChI is InChI=1S/C13H17FN2O.ClH/c1-9-4-2-6-11(12(9)14)13(17)16-10-5-3-7-15-8-10;/h2,4,6,10,15H,3,5,7-8H2,1H3,(H,16,17);1H/t10-;/m0./s1. The van der Waals surface area contributed by atoms with Gasteiger partial charge in [0.1, 0.15) is 5.82 Å². The van der Waals surface area contributed by atoms with Crippen molar-refractivity contribution < 1.29 is 9.18 Å². The fourth-order valence-corrected chi connectivity index (χ4v) is 2.06. The van der Waals surface area contributed by atoms with Crippen LogP contribution < -0.4 is 10.6 Å². The van der Waals surface area contributed by atoms with E-state index in [-0.39, 0.29) is 29.9 Å². The molecule has 1 aromatic carbocycles. The molecule has 0 spiro atoms. The summed E-state index contributed by atoms with van der Waals surface area (Å²) in [5.41, 5.74) is 0.634. The molecule has 1 amide bonds. The van der Waals surface area contributed by atoms with E-state index >= 15 is 0 Å². The van der Waals surface area contributed by atoms with Gasteiger partial charge >= 0.3 is 0 Å². The molecule has 1 heterocycles. The quantitative estimate of drug-likeness (QED) is 0.865. The van der Waals surface area contributed by atoms with Crippen LogP contribution >= 0.6 is 12.4 Å². The minimum Gasteiger partial charge on any atom is -0.348 e. The van der Waals surface area contributed by atoms with Gasteiger partial charge in [0.25, 0.3) is 5.91 Å². The number of nitrogens with one attached hydrogen (secondary N) is 2. The Morgan fingerprint density at radius 3 is 2.94 bits per heavy atom. The molecule has 1 aromatic rings. The number of carbonyl (C=O) groups is 1. The molecule has 1 saturated heterocycles. The van der Waals surface area contributed by atoms with E-state index in [0.717, 1.165) is 25.9 Å². The van der Waals surface area contributed by atoms with E-state index in [4.69, 9.17) is 0 Å². The van der Waals surface area contributed by atoms with Gasteiger partial charge in [0.15, 0.2) is 0 Å². The molecule has 1 atom stereocenters. The monoisotopic (exact) mass is 272 g/mol. The van der Waals surface area contributed by atoms with Crippen molar-refractivity contribution in [2.24, 2.45) is 0 Å². The smallest absolute Gasteiger partial charge is 0.254 e. The highest BCUT2D eigenvalue weighted by Gasteiger charge is 2.18. The molecular weight excluding hydrogens is 255 g/mol. The van der Waals surface area contributed by atoms with Gasteiger partial charge in [-0.25, -0.2) is 4.39 Å². The molecule has 5 heteroatoms. The number of hydrogen-bond donors (Lipinski definition) is 2. The maximum Gasteiger partial charge on any atom is 0.254 e. The lowest BCUT2D eigenvalue weighted by Crippen LogP contribution is -2.45. The second kappa shape index (κ2) is 6.71.